The number of nitrogens with two attached hydrogens (primary N) is 3. The predicted octanol–water partition coefficient (Wildman–Crippen LogP) is 0.363. The lowest BCUT2D eigenvalue weighted by Crippen LogP contribution is -2.60. The Morgan fingerprint density at radius 2 is 1.33 bits per heavy atom. The van der Waals surface area contributed by atoms with Gasteiger partial charge in [-0.1, -0.05) is 66.7 Å². The van der Waals surface area contributed by atoms with Crippen molar-refractivity contribution in [2.24, 2.45) is 17.2 Å². The van der Waals surface area contributed by atoms with Gasteiger partial charge in [0.25, 0.3) is 0 Å². The van der Waals surface area contributed by atoms with Crippen LogP contribution in [0, 0.1) is 0 Å². The largest absolute Gasteiger partial charge is 0.480 e. The average Bonchev–Trinajstić information content (AvgIpc) is 3.08. The van der Waals surface area contributed by atoms with Crippen LogP contribution in [0.25, 0.3) is 0 Å². The van der Waals surface area contributed by atoms with Gasteiger partial charge in [-0.25, -0.2) is 0 Å². The second-order valence-corrected chi connectivity index (χ2v) is 12.3. The monoisotopic (exact) mass is 663 g/mol. The van der Waals surface area contributed by atoms with Crippen LogP contribution in [-0.4, -0.2) is 88.9 Å². The lowest BCUT2D eigenvalue weighted by molar-refractivity contribution is -0.148. The third-order valence-corrected chi connectivity index (χ3v) is 8.54. The van der Waals surface area contributed by atoms with Crippen LogP contribution >= 0.6 is 0 Å². The summed E-state index contributed by atoms with van der Waals surface area (Å²) in [6.07, 6.45) is 3.60. The first-order valence-corrected chi connectivity index (χ1v) is 16.3. The highest BCUT2D eigenvalue weighted by Crippen LogP contribution is 2.21. The van der Waals surface area contributed by atoms with Crippen molar-refractivity contribution >= 4 is 29.6 Å². The SMILES string of the molecule is C=CC[C@@H](NC(=O)[C@@H](Cc1ccccc1)NC(=O)[C@H](N)Cc1ccccc1)C(=O)N[C@H](CCCCN)C(=O)N1CCC(N)(C(=O)O)CC1. The Morgan fingerprint density at radius 3 is 1.88 bits per heavy atom. The van der Waals surface area contributed by atoms with Crippen molar-refractivity contribution in [2.75, 3.05) is 19.6 Å². The van der Waals surface area contributed by atoms with Gasteiger partial charge >= 0.3 is 5.97 Å². The lowest BCUT2D eigenvalue weighted by atomic mass is 9.88. The summed E-state index contributed by atoms with van der Waals surface area (Å²) in [5, 5.41) is 17.8. The van der Waals surface area contributed by atoms with Crippen molar-refractivity contribution < 1.29 is 29.1 Å². The highest BCUT2D eigenvalue weighted by Gasteiger charge is 2.40. The van der Waals surface area contributed by atoms with E-state index in [0.29, 0.717) is 25.8 Å². The number of carboxylic acid groups (broad SMARTS) is 1. The molecule has 0 aromatic heterocycles. The number of likely N-dealkylation sites (tertiary alicyclic amines) is 1. The molecule has 0 unspecified atom stereocenters. The van der Waals surface area contributed by atoms with E-state index in [1.807, 2.05) is 60.7 Å². The van der Waals surface area contributed by atoms with E-state index in [4.69, 9.17) is 17.2 Å². The summed E-state index contributed by atoms with van der Waals surface area (Å²) in [6, 6.07) is 14.4. The normalized spacial score (nSPS) is 16.4. The molecule has 48 heavy (non-hydrogen) atoms. The maximum Gasteiger partial charge on any atom is 0.323 e. The van der Waals surface area contributed by atoms with Crippen molar-refractivity contribution in [3.05, 3.63) is 84.4 Å². The molecule has 10 N–H and O–H groups in total. The minimum absolute atomic E-state index is 0.0544. The van der Waals surface area contributed by atoms with E-state index in [9.17, 15) is 29.1 Å². The summed E-state index contributed by atoms with van der Waals surface area (Å²) >= 11 is 0. The molecule has 0 bridgehead atoms. The van der Waals surface area contributed by atoms with Crippen molar-refractivity contribution in [1.29, 1.82) is 0 Å². The van der Waals surface area contributed by atoms with Gasteiger partial charge in [0.1, 0.15) is 23.7 Å². The van der Waals surface area contributed by atoms with Crippen LogP contribution in [0.4, 0.5) is 0 Å². The number of rotatable bonds is 18. The van der Waals surface area contributed by atoms with Crippen LogP contribution in [0.15, 0.2) is 73.3 Å². The van der Waals surface area contributed by atoms with E-state index in [0.717, 1.165) is 11.1 Å². The zero-order chi connectivity index (χ0) is 35.1. The molecule has 0 spiro atoms. The Balaban J connectivity index is 1.74. The fourth-order valence-electron chi connectivity index (χ4n) is 5.55. The zero-order valence-corrected chi connectivity index (χ0v) is 27.3. The van der Waals surface area contributed by atoms with E-state index in [2.05, 4.69) is 22.5 Å². The lowest BCUT2D eigenvalue weighted by Gasteiger charge is -2.38. The molecule has 13 heteroatoms. The number of piperidine rings is 1. The highest BCUT2D eigenvalue weighted by atomic mass is 16.4. The van der Waals surface area contributed by atoms with Crippen molar-refractivity contribution in [3.63, 3.8) is 0 Å². The summed E-state index contributed by atoms with van der Waals surface area (Å²) in [5.74, 6) is -3.20. The molecule has 13 nitrogen and oxygen atoms in total. The minimum Gasteiger partial charge on any atom is -0.480 e. The second kappa shape index (κ2) is 18.7. The molecule has 3 rings (SSSR count). The Labute approximate surface area is 281 Å². The summed E-state index contributed by atoms with van der Waals surface area (Å²) < 4.78 is 0. The van der Waals surface area contributed by atoms with E-state index >= 15 is 0 Å². The van der Waals surface area contributed by atoms with Crippen LogP contribution < -0.4 is 33.2 Å². The fraction of sp³-hybridized carbons (Fsp3) is 0.457. The molecular formula is C35H49N7O6. The second-order valence-electron chi connectivity index (χ2n) is 12.3. The van der Waals surface area contributed by atoms with Gasteiger partial charge in [0.2, 0.25) is 23.6 Å². The standard InChI is InChI=1S/C35H49N7O6/c1-2-11-27(31(44)40-28(16-9-10-19-36)33(46)42-20-17-35(38,18-21-42)34(47)48)39-32(45)29(23-25-14-7-4-8-15-25)41-30(43)26(37)22-24-12-5-3-6-13-24/h2-8,12-15,26-29H,1,9-11,16-23,36-38H2,(H,39,45)(H,40,44)(H,41,43)(H,47,48)/t26-,27-,28-,29-/m1/s1. The number of carbonyl (C=O) groups is 5. The van der Waals surface area contributed by atoms with Crippen LogP contribution in [0.3, 0.4) is 0 Å². The Morgan fingerprint density at radius 1 is 0.812 bits per heavy atom. The quantitative estimate of drug-likeness (QED) is 0.0863. The molecule has 4 atom stereocenters. The molecule has 0 saturated carbocycles. The zero-order valence-electron chi connectivity index (χ0n) is 27.3. The Kier molecular flexibility index (Phi) is 14.7. The molecule has 0 aliphatic carbocycles. The number of unbranched alkanes of at least 4 members (excludes halogenated alkanes) is 1. The van der Waals surface area contributed by atoms with Gasteiger partial charge in [-0.2, -0.15) is 0 Å². The predicted molar refractivity (Wildman–Crippen MR) is 182 cm³/mol. The first kappa shape index (κ1) is 37.9. The van der Waals surface area contributed by atoms with Gasteiger partial charge in [-0.3, -0.25) is 24.0 Å². The fourth-order valence-corrected chi connectivity index (χ4v) is 5.55. The highest BCUT2D eigenvalue weighted by molar-refractivity contribution is 5.95. The topological polar surface area (TPSA) is 223 Å². The van der Waals surface area contributed by atoms with Crippen LogP contribution in [0.1, 0.15) is 49.7 Å². The van der Waals surface area contributed by atoms with Gasteiger partial charge in [0.15, 0.2) is 0 Å². The van der Waals surface area contributed by atoms with Gasteiger partial charge in [0, 0.05) is 19.5 Å². The average molecular weight is 664 g/mol. The van der Waals surface area contributed by atoms with Gasteiger partial charge in [-0.15, -0.1) is 6.58 Å². The van der Waals surface area contributed by atoms with E-state index in [-0.39, 0.29) is 51.1 Å². The smallest absolute Gasteiger partial charge is 0.323 e. The summed E-state index contributed by atoms with van der Waals surface area (Å²) in [5.41, 5.74) is 18.1. The van der Waals surface area contributed by atoms with Crippen LogP contribution in [0.5, 0.6) is 0 Å². The van der Waals surface area contributed by atoms with Crippen molar-refractivity contribution in [1.82, 2.24) is 20.9 Å². The third-order valence-electron chi connectivity index (χ3n) is 8.54. The molecule has 2 aromatic carbocycles. The molecule has 4 amide bonds. The van der Waals surface area contributed by atoms with Gasteiger partial charge in [-0.05, 0) is 62.6 Å². The molecule has 1 saturated heterocycles. The molecule has 0 radical (unpaired) electrons. The number of nitrogens with zero attached hydrogens (tertiary/aromatic N) is 1. The maximum absolute atomic E-state index is 13.7. The molecule has 2 aromatic rings. The number of carbonyl (C=O) groups excluding carboxylic acids is 4. The molecule has 1 aliphatic rings. The van der Waals surface area contributed by atoms with Crippen LogP contribution in [0.2, 0.25) is 0 Å². The minimum atomic E-state index is -1.41. The molecule has 1 heterocycles. The number of carboxylic acids is 1. The van der Waals surface area contributed by atoms with E-state index in [1.54, 1.807) is 0 Å². The number of benzene rings is 2. The number of aliphatic carboxylic acids is 1. The number of amides is 4. The van der Waals surface area contributed by atoms with Crippen molar-refractivity contribution in [2.45, 2.75) is 81.1 Å². The first-order valence-electron chi connectivity index (χ1n) is 16.3. The maximum atomic E-state index is 13.7. The molecule has 260 valence electrons. The summed E-state index contributed by atoms with van der Waals surface area (Å²) in [4.78, 5) is 67.2. The number of hydrogen-bond donors (Lipinski definition) is 7. The molecule has 1 fully saturated rings. The van der Waals surface area contributed by atoms with Gasteiger partial charge in [0.05, 0.1) is 6.04 Å². The van der Waals surface area contributed by atoms with E-state index in [1.165, 1.54) is 11.0 Å². The summed E-state index contributed by atoms with van der Waals surface area (Å²) in [7, 11) is 0. The van der Waals surface area contributed by atoms with Crippen LogP contribution in [-0.2, 0) is 36.8 Å². The van der Waals surface area contributed by atoms with E-state index < -0.39 is 53.4 Å². The Hall–Kier alpha value is -4.59. The molecule has 1 aliphatic heterocycles. The van der Waals surface area contributed by atoms with Gasteiger partial charge < -0.3 is 43.2 Å². The molecular weight excluding hydrogens is 614 g/mol. The number of hydrogen-bond acceptors (Lipinski definition) is 8. The Bertz CT molecular complexity index is 1380. The van der Waals surface area contributed by atoms with Crippen molar-refractivity contribution in [3.8, 4) is 0 Å². The summed E-state index contributed by atoms with van der Waals surface area (Å²) in [6.45, 7) is 4.39. The number of nitrogens with one attached hydrogen (secondary N) is 3. The first-order chi connectivity index (χ1) is 23.0. The third kappa shape index (κ3) is 11.3.